The molecule has 1 amide bonds. The number of carbonyl (C=O) groups excluding carboxylic acids is 1. The number of nitrogens with one attached hydrogen (secondary N) is 2. The molecule has 0 saturated heterocycles. The highest BCUT2D eigenvalue weighted by Gasteiger charge is 2.02. The Morgan fingerprint density at radius 3 is 2.40 bits per heavy atom. The first-order valence-corrected chi connectivity index (χ1v) is 7.64. The first-order valence-electron chi connectivity index (χ1n) is 6.82. The molecule has 1 heterocycles. The van der Waals surface area contributed by atoms with Crippen LogP contribution >= 0.6 is 11.3 Å². The van der Waals surface area contributed by atoms with Crippen LogP contribution in [-0.2, 0) is 24.2 Å². The van der Waals surface area contributed by atoms with E-state index in [4.69, 9.17) is 0 Å². The Morgan fingerprint density at radius 1 is 1.10 bits per heavy atom. The normalized spacial score (nSPS) is 10.3. The highest BCUT2D eigenvalue weighted by atomic mass is 32.1. The van der Waals surface area contributed by atoms with Gasteiger partial charge in [0.15, 0.2) is 0 Å². The molecule has 0 spiro atoms. The minimum Gasteiger partial charge on any atom is -0.380 e. The van der Waals surface area contributed by atoms with Crippen molar-refractivity contribution in [3.63, 3.8) is 0 Å². The molecule has 2 rings (SSSR count). The summed E-state index contributed by atoms with van der Waals surface area (Å²) in [5.41, 5.74) is 2.11. The lowest BCUT2D eigenvalue weighted by Gasteiger charge is -2.06. The van der Waals surface area contributed by atoms with E-state index in [2.05, 4.69) is 29.7 Å². The predicted octanol–water partition coefficient (Wildman–Crippen LogP) is 3.21. The van der Waals surface area contributed by atoms with Crippen LogP contribution < -0.4 is 10.6 Å². The van der Waals surface area contributed by atoms with Crippen molar-refractivity contribution < 1.29 is 4.79 Å². The lowest BCUT2D eigenvalue weighted by Crippen LogP contribution is -2.19. The van der Waals surface area contributed by atoms with Crippen molar-refractivity contribution in [1.82, 2.24) is 5.32 Å². The van der Waals surface area contributed by atoms with Crippen LogP contribution in [0.1, 0.15) is 22.2 Å². The highest BCUT2D eigenvalue weighted by Crippen LogP contribution is 2.18. The van der Waals surface area contributed by atoms with Crippen LogP contribution in [0, 0.1) is 0 Å². The number of hydrogen-bond acceptors (Lipinski definition) is 3. The van der Waals surface area contributed by atoms with E-state index in [0.29, 0.717) is 6.42 Å². The van der Waals surface area contributed by atoms with E-state index >= 15 is 0 Å². The van der Waals surface area contributed by atoms with Crippen molar-refractivity contribution in [3.05, 3.63) is 51.7 Å². The van der Waals surface area contributed by atoms with Crippen molar-refractivity contribution in [2.75, 3.05) is 12.4 Å². The van der Waals surface area contributed by atoms with Gasteiger partial charge < -0.3 is 10.6 Å². The smallest absolute Gasteiger partial charge is 0.224 e. The van der Waals surface area contributed by atoms with Gasteiger partial charge in [-0.15, -0.1) is 11.3 Å². The number of thiophene rings is 1. The first kappa shape index (κ1) is 14.6. The summed E-state index contributed by atoms with van der Waals surface area (Å²) in [6.07, 6.45) is 1.53. The fourth-order valence-electron chi connectivity index (χ4n) is 1.91. The summed E-state index contributed by atoms with van der Waals surface area (Å²) in [5, 5.41) is 6.03. The van der Waals surface area contributed by atoms with Crippen molar-refractivity contribution in [3.8, 4) is 0 Å². The molecular formula is C16H20N2OS. The molecular weight excluding hydrogens is 268 g/mol. The minimum absolute atomic E-state index is 0.0383. The van der Waals surface area contributed by atoms with Gasteiger partial charge in [0.1, 0.15) is 0 Å². The third-order valence-electron chi connectivity index (χ3n) is 3.13. The second-order valence-corrected chi connectivity index (χ2v) is 5.87. The zero-order valence-corrected chi connectivity index (χ0v) is 12.7. The standard InChI is InChI=1S/C16H20N2OS/c1-3-14-8-9-15(20-14)11-18-13-6-4-12(5-7-13)10-16(19)17-2/h4-9,18H,3,10-11H2,1-2H3,(H,17,19). The molecule has 0 saturated carbocycles. The maximum atomic E-state index is 11.3. The molecule has 106 valence electrons. The Hall–Kier alpha value is -1.81. The number of carbonyl (C=O) groups is 1. The number of aryl methyl sites for hydroxylation is 1. The van der Waals surface area contributed by atoms with Crippen LogP contribution in [0.4, 0.5) is 5.69 Å². The van der Waals surface area contributed by atoms with E-state index in [-0.39, 0.29) is 5.91 Å². The predicted molar refractivity (Wildman–Crippen MR) is 85.2 cm³/mol. The Balaban J connectivity index is 1.88. The second-order valence-electron chi connectivity index (χ2n) is 4.62. The molecule has 2 aromatic rings. The lowest BCUT2D eigenvalue weighted by atomic mass is 10.1. The number of hydrogen-bond donors (Lipinski definition) is 2. The Kier molecular flexibility index (Phi) is 5.18. The zero-order chi connectivity index (χ0) is 14.4. The van der Waals surface area contributed by atoms with Crippen LogP contribution in [0.15, 0.2) is 36.4 Å². The number of benzene rings is 1. The first-order chi connectivity index (χ1) is 9.71. The van der Waals surface area contributed by atoms with E-state index in [1.165, 1.54) is 9.75 Å². The van der Waals surface area contributed by atoms with Gasteiger partial charge in [-0.1, -0.05) is 19.1 Å². The van der Waals surface area contributed by atoms with Crippen LogP contribution in [0.5, 0.6) is 0 Å². The summed E-state index contributed by atoms with van der Waals surface area (Å²) in [5.74, 6) is 0.0383. The molecule has 0 radical (unpaired) electrons. The van der Waals surface area contributed by atoms with Crippen LogP contribution in [-0.4, -0.2) is 13.0 Å². The van der Waals surface area contributed by atoms with Gasteiger partial charge in [-0.25, -0.2) is 0 Å². The van der Waals surface area contributed by atoms with E-state index in [1.807, 2.05) is 35.6 Å². The maximum absolute atomic E-state index is 11.3. The van der Waals surface area contributed by atoms with Crippen molar-refractivity contribution in [2.45, 2.75) is 26.3 Å². The Labute approximate surface area is 124 Å². The molecule has 1 aromatic carbocycles. The Bertz CT molecular complexity index is 560. The third-order valence-corrected chi connectivity index (χ3v) is 4.36. The van der Waals surface area contributed by atoms with Gasteiger partial charge in [0.25, 0.3) is 0 Å². The van der Waals surface area contributed by atoms with Crippen LogP contribution in [0.2, 0.25) is 0 Å². The quantitative estimate of drug-likeness (QED) is 0.857. The van der Waals surface area contributed by atoms with Crippen molar-refractivity contribution in [1.29, 1.82) is 0 Å². The maximum Gasteiger partial charge on any atom is 0.224 e. The summed E-state index contributed by atoms with van der Waals surface area (Å²) in [6.45, 7) is 3.02. The zero-order valence-electron chi connectivity index (χ0n) is 11.9. The number of anilines is 1. The van der Waals surface area contributed by atoms with Crippen LogP contribution in [0.3, 0.4) is 0 Å². The van der Waals surface area contributed by atoms with Gasteiger partial charge in [0.05, 0.1) is 6.42 Å². The summed E-state index contributed by atoms with van der Waals surface area (Å²) < 4.78 is 0. The number of rotatable bonds is 6. The molecule has 0 fully saturated rings. The molecule has 0 bridgehead atoms. The largest absolute Gasteiger partial charge is 0.380 e. The topological polar surface area (TPSA) is 41.1 Å². The van der Waals surface area contributed by atoms with E-state index < -0.39 is 0 Å². The highest BCUT2D eigenvalue weighted by molar-refractivity contribution is 7.12. The van der Waals surface area contributed by atoms with Crippen LogP contribution in [0.25, 0.3) is 0 Å². The molecule has 3 nitrogen and oxygen atoms in total. The monoisotopic (exact) mass is 288 g/mol. The van der Waals surface area contributed by atoms with E-state index in [9.17, 15) is 4.79 Å². The Morgan fingerprint density at radius 2 is 1.80 bits per heavy atom. The molecule has 0 unspecified atom stereocenters. The molecule has 0 atom stereocenters. The van der Waals surface area contributed by atoms with E-state index in [0.717, 1.165) is 24.2 Å². The third kappa shape index (κ3) is 4.10. The number of likely N-dealkylation sites (N-methyl/N-ethyl adjacent to an activating group) is 1. The lowest BCUT2D eigenvalue weighted by molar-refractivity contribution is -0.119. The van der Waals surface area contributed by atoms with Gasteiger partial charge in [-0.2, -0.15) is 0 Å². The van der Waals surface area contributed by atoms with Crippen molar-refractivity contribution >= 4 is 22.9 Å². The van der Waals surface area contributed by atoms with Gasteiger partial charge in [0.2, 0.25) is 5.91 Å². The molecule has 20 heavy (non-hydrogen) atoms. The fraction of sp³-hybridized carbons (Fsp3) is 0.312. The SMILES string of the molecule is CCc1ccc(CNc2ccc(CC(=O)NC)cc2)s1. The molecule has 1 aromatic heterocycles. The van der Waals surface area contributed by atoms with Crippen molar-refractivity contribution in [2.24, 2.45) is 0 Å². The molecule has 0 aliphatic carbocycles. The van der Waals surface area contributed by atoms with Gasteiger partial charge in [0, 0.05) is 29.0 Å². The summed E-state index contributed by atoms with van der Waals surface area (Å²) in [7, 11) is 1.66. The van der Waals surface area contributed by atoms with Gasteiger partial charge >= 0.3 is 0 Å². The molecule has 2 N–H and O–H groups in total. The van der Waals surface area contributed by atoms with Gasteiger partial charge in [-0.05, 0) is 36.2 Å². The molecule has 0 aliphatic rings. The summed E-state index contributed by atoms with van der Waals surface area (Å²) in [6, 6.07) is 12.4. The fourth-order valence-corrected chi connectivity index (χ4v) is 2.81. The number of amides is 1. The average Bonchev–Trinajstić information content (AvgIpc) is 2.94. The average molecular weight is 288 g/mol. The minimum atomic E-state index is 0.0383. The second kappa shape index (κ2) is 7.10. The molecule has 0 aliphatic heterocycles. The summed E-state index contributed by atoms with van der Waals surface area (Å²) in [4.78, 5) is 14.0. The summed E-state index contributed by atoms with van der Waals surface area (Å²) >= 11 is 1.85. The molecule has 4 heteroatoms. The van der Waals surface area contributed by atoms with E-state index in [1.54, 1.807) is 7.05 Å². The van der Waals surface area contributed by atoms with Gasteiger partial charge in [-0.3, -0.25) is 4.79 Å².